The molecule has 1 saturated carbocycles. The van der Waals surface area contributed by atoms with Crippen molar-refractivity contribution in [2.24, 2.45) is 10.4 Å². The van der Waals surface area contributed by atoms with Gasteiger partial charge in [-0.25, -0.2) is 4.39 Å². The van der Waals surface area contributed by atoms with Crippen LogP contribution < -0.4 is 10.1 Å². The summed E-state index contributed by atoms with van der Waals surface area (Å²) in [6.07, 6.45) is 5.34. The molecule has 1 aromatic rings. The normalized spacial score (nSPS) is 19.8. The summed E-state index contributed by atoms with van der Waals surface area (Å²) >= 11 is 0. The van der Waals surface area contributed by atoms with E-state index in [9.17, 15) is 4.39 Å². The number of benzene rings is 1. The SMILES string of the molecule is CCOc1ccc(CNC(=NC)N2CCC3(CCC3)C2)cc1F. The van der Waals surface area contributed by atoms with Crippen molar-refractivity contribution < 1.29 is 9.13 Å². The van der Waals surface area contributed by atoms with Gasteiger partial charge in [-0.2, -0.15) is 0 Å². The van der Waals surface area contributed by atoms with Gasteiger partial charge in [0.2, 0.25) is 0 Å². The van der Waals surface area contributed by atoms with Crippen molar-refractivity contribution in [2.45, 2.75) is 39.2 Å². The van der Waals surface area contributed by atoms with Crippen molar-refractivity contribution >= 4 is 5.96 Å². The highest BCUT2D eigenvalue weighted by atomic mass is 19.1. The molecule has 0 atom stereocenters. The molecule has 0 amide bonds. The van der Waals surface area contributed by atoms with Gasteiger partial charge in [-0.3, -0.25) is 4.99 Å². The standard InChI is InChI=1S/C18H26FN3O/c1-3-23-16-6-5-14(11-15(16)19)12-21-17(20-2)22-10-9-18(13-22)7-4-8-18/h5-6,11H,3-4,7-10,12-13H2,1-2H3,(H,20,21). The van der Waals surface area contributed by atoms with Gasteiger partial charge in [0.15, 0.2) is 17.5 Å². The van der Waals surface area contributed by atoms with E-state index in [1.54, 1.807) is 6.07 Å². The molecule has 126 valence electrons. The lowest BCUT2D eigenvalue weighted by Crippen LogP contribution is -2.42. The van der Waals surface area contributed by atoms with Crippen LogP contribution >= 0.6 is 0 Å². The summed E-state index contributed by atoms with van der Waals surface area (Å²) in [7, 11) is 1.81. The van der Waals surface area contributed by atoms with Crippen LogP contribution in [0.2, 0.25) is 0 Å². The van der Waals surface area contributed by atoms with Crippen LogP contribution in [0.1, 0.15) is 38.2 Å². The van der Waals surface area contributed by atoms with Crippen molar-refractivity contribution in [2.75, 3.05) is 26.7 Å². The van der Waals surface area contributed by atoms with Crippen LogP contribution in [0.15, 0.2) is 23.2 Å². The number of likely N-dealkylation sites (tertiary alicyclic amines) is 1. The maximum absolute atomic E-state index is 13.9. The van der Waals surface area contributed by atoms with E-state index in [1.165, 1.54) is 31.7 Å². The van der Waals surface area contributed by atoms with E-state index in [0.29, 0.717) is 24.3 Å². The molecule has 1 aliphatic carbocycles. The van der Waals surface area contributed by atoms with E-state index in [-0.39, 0.29) is 5.82 Å². The maximum atomic E-state index is 13.9. The molecule has 3 rings (SSSR count). The van der Waals surface area contributed by atoms with E-state index in [1.807, 2.05) is 20.0 Å². The predicted octanol–water partition coefficient (Wildman–Crippen LogP) is 3.18. The Kier molecular flexibility index (Phi) is 4.74. The summed E-state index contributed by atoms with van der Waals surface area (Å²) in [5, 5.41) is 3.36. The Morgan fingerprint density at radius 3 is 2.78 bits per heavy atom. The molecule has 1 spiro atoms. The number of hydrogen-bond donors (Lipinski definition) is 1. The maximum Gasteiger partial charge on any atom is 0.193 e. The smallest absolute Gasteiger partial charge is 0.193 e. The average molecular weight is 319 g/mol. The van der Waals surface area contributed by atoms with Gasteiger partial charge in [0, 0.05) is 26.7 Å². The Balaban J connectivity index is 1.57. The van der Waals surface area contributed by atoms with Crippen LogP contribution in [0, 0.1) is 11.2 Å². The quantitative estimate of drug-likeness (QED) is 0.684. The summed E-state index contributed by atoms with van der Waals surface area (Å²) in [4.78, 5) is 6.73. The number of ether oxygens (including phenoxy) is 1. The molecule has 23 heavy (non-hydrogen) atoms. The Hall–Kier alpha value is -1.78. The summed E-state index contributed by atoms with van der Waals surface area (Å²) < 4.78 is 19.1. The van der Waals surface area contributed by atoms with Crippen LogP contribution in [-0.4, -0.2) is 37.6 Å². The van der Waals surface area contributed by atoms with Gasteiger partial charge in [-0.15, -0.1) is 0 Å². The van der Waals surface area contributed by atoms with Crippen LogP contribution in [-0.2, 0) is 6.54 Å². The highest BCUT2D eigenvalue weighted by molar-refractivity contribution is 5.80. The molecule has 2 fully saturated rings. The molecule has 1 N–H and O–H groups in total. The first-order valence-electron chi connectivity index (χ1n) is 8.53. The van der Waals surface area contributed by atoms with E-state index in [0.717, 1.165) is 24.6 Å². The summed E-state index contributed by atoms with van der Waals surface area (Å²) in [6.45, 7) is 5.06. The first-order chi connectivity index (χ1) is 11.2. The van der Waals surface area contributed by atoms with Crippen molar-refractivity contribution in [1.29, 1.82) is 0 Å². The molecule has 0 unspecified atom stereocenters. The second kappa shape index (κ2) is 6.77. The average Bonchev–Trinajstić information content (AvgIpc) is 2.96. The third-order valence-electron chi connectivity index (χ3n) is 5.11. The Labute approximate surface area is 137 Å². The Bertz CT molecular complexity index is 584. The fourth-order valence-corrected chi connectivity index (χ4v) is 3.64. The number of nitrogens with zero attached hydrogens (tertiary/aromatic N) is 2. The zero-order valence-electron chi connectivity index (χ0n) is 14.1. The van der Waals surface area contributed by atoms with Gasteiger partial charge < -0.3 is 15.0 Å². The van der Waals surface area contributed by atoms with Gasteiger partial charge in [0.05, 0.1) is 6.61 Å². The molecule has 0 radical (unpaired) electrons. The molecular formula is C18H26FN3O. The lowest BCUT2D eigenvalue weighted by molar-refractivity contribution is 0.151. The van der Waals surface area contributed by atoms with Gasteiger partial charge in [-0.05, 0) is 49.3 Å². The summed E-state index contributed by atoms with van der Waals surface area (Å²) in [5.74, 6) is 0.922. The van der Waals surface area contributed by atoms with Crippen LogP contribution in [0.25, 0.3) is 0 Å². The second-order valence-corrected chi connectivity index (χ2v) is 6.62. The highest BCUT2D eigenvalue weighted by Crippen LogP contribution is 2.47. The molecule has 0 aromatic heterocycles. The minimum absolute atomic E-state index is 0.310. The topological polar surface area (TPSA) is 36.9 Å². The first-order valence-corrected chi connectivity index (χ1v) is 8.53. The van der Waals surface area contributed by atoms with Crippen LogP contribution in [0.3, 0.4) is 0 Å². The summed E-state index contributed by atoms with van der Waals surface area (Å²) in [6, 6.07) is 5.12. The van der Waals surface area contributed by atoms with Crippen LogP contribution in [0.4, 0.5) is 4.39 Å². The Morgan fingerprint density at radius 2 is 2.22 bits per heavy atom. The first kappa shape index (κ1) is 16.1. The molecule has 0 bridgehead atoms. The number of guanidine groups is 1. The molecule has 4 nitrogen and oxygen atoms in total. The highest BCUT2D eigenvalue weighted by Gasteiger charge is 2.43. The van der Waals surface area contributed by atoms with Gasteiger partial charge in [0.25, 0.3) is 0 Å². The monoisotopic (exact) mass is 319 g/mol. The molecule has 5 heteroatoms. The predicted molar refractivity (Wildman–Crippen MR) is 90.2 cm³/mol. The van der Waals surface area contributed by atoms with Crippen molar-refractivity contribution in [1.82, 2.24) is 10.2 Å². The minimum Gasteiger partial charge on any atom is -0.491 e. The van der Waals surface area contributed by atoms with E-state index < -0.39 is 0 Å². The zero-order valence-corrected chi connectivity index (χ0v) is 14.1. The van der Waals surface area contributed by atoms with E-state index in [2.05, 4.69) is 15.2 Å². The van der Waals surface area contributed by atoms with Crippen LogP contribution in [0.5, 0.6) is 5.75 Å². The minimum atomic E-state index is -0.310. The molecule has 1 aromatic carbocycles. The van der Waals surface area contributed by atoms with Gasteiger partial charge in [0.1, 0.15) is 0 Å². The number of nitrogens with one attached hydrogen (secondary N) is 1. The molecule has 1 saturated heterocycles. The lowest BCUT2D eigenvalue weighted by atomic mass is 9.68. The number of hydrogen-bond acceptors (Lipinski definition) is 2. The molecular weight excluding hydrogens is 293 g/mol. The fraction of sp³-hybridized carbons (Fsp3) is 0.611. The second-order valence-electron chi connectivity index (χ2n) is 6.62. The largest absolute Gasteiger partial charge is 0.491 e. The summed E-state index contributed by atoms with van der Waals surface area (Å²) in [5.41, 5.74) is 1.44. The van der Waals surface area contributed by atoms with Crippen molar-refractivity contribution in [3.8, 4) is 5.75 Å². The molecule has 1 aliphatic heterocycles. The lowest BCUT2D eigenvalue weighted by Gasteiger charge is -2.38. The molecule has 1 heterocycles. The van der Waals surface area contributed by atoms with Crippen molar-refractivity contribution in [3.05, 3.63) is 29.6 Å². The number of rotatable bonds is 4. The number of aliphatic imine (C=N–C) groups is 1. The van der Waals surface area contributed by atoms with Gasteiger partial charge in [-0.1, -0.05) is 12.5 Å². The van der Waals surface area contributed by atoms with E-state index >= 15 is 0 Å². The van der Waals surface area contributed by atoms with Gasteiger partial charge >= 0.3 is 0 Å². The fourth-order valence-electron chi connectivity index (χ4n) is 3.64. The zero-order chi connectivity index (χ0) is 16.3. The van der Waals surface area contributed by atoms with Crippen molar-refractivity contribution in [3.63, 3.8) is 0 Å². The molecule has 2 aliphatic rings. The third-order valence-corrected chi connectivity index (χ3v) is 5.11. The number of halogens is 1. The van der Waals surface area contributed by atoms with E-state index in [4.69, 9.17) is 4.74 Å². The Morgan fingerprint density at radius 1 is 1.39 bits per heavy atom. The third kappa shape index (κ3) is 3.43.